The van der Waals surface area contributed by atoms with Gasteiger partial charge in [0.15, 0.2) is 6.23 Å². The van der Waals surface area contributed by atoms with Gasteiger partial charge in [-0.05, 0) is 25.1 Å². The Morgan fingerprint density at radius 3 is 2.64 bits per heavy atom. The predicted octanol–water partition coefficient (Wildman–Crippen LogP) is -1.14. The maximum atomic E-state index is 13.9. The maximum Gasteiger partial charge on any atom is 0.358 e. The Bertz CT molecular complexity index is 1450. The SMILES string of the molecule is CON(C(=O)[C@H](C)N)P(N)(=O)N(c1ccccc1)C(O)[C@H]1O[C@](O)(n2cc3cc(CO)oc3nc2=O)C[C@@H]1O. The van der Waals surface area contributed by atoms with Crippen LogP contribution in [0, 0.1) is 0 Å². The number of hydroxylamine groups is 1. The monoisotopic (exact) mass is 568 g/mol. The molecule has 1 aromatic carbocycles. The molecule has 0 spiro atoms. The number of fused-ring (bicyclic) bond motifs is 1. The Balaban J connectivity index is 1.74. The van der Waals surface area contributed by atoms with Crippen molar-refractivity contribution in [2.45, 2.75) is 50.3 Å². The average molecular weight is 568 g/mol. The van der Waals surface area contributed by atoms with Gasteiger partial charge in [0.25, 0.3) is 11.8 Å². The minimum atomic E-state index is -4.66. The highest BCUT2D eigenvalue weighted by molar-refractivity contribution is 7.61. The number of anilines is 1. The number of nitrogens with two attached hydrogens (primary N) is 2. The van der Waals surface area contributed by atoms with E-state index in [0.29, 0.717) is 14.1 Å². The molecule has 1 aliphatic heterocycles. The summed E-state index contributed by atoms with van der Waals surface area (Å²) in [7, 11) is -3.63. The summed E-state index contributed by atoms with van der Waals surface area (Å²) in [6.45, 7) is 0.852. The largest absolute Gasteiger partial charge is 0.440 e. The number of amides is 1. The first-order chi connectivity index (χ1) is 18.3. The zero-order chi connectivity index (χ0) is 28.7. The van der Waals surface area contributed by atoms with E-state index in [1.54, 1.807) is 6.07 Å². The zero-order valence-electron chi connectivity index (χ0n) is 20.9. The lowest BCUT2D eigenvalue weighted by atomic mass is 10.1. The van der Waals surface area contributed by atoms with Crippen LogP contribution < -0.4 is 21.6 Å². The molecule has 39 heavy (non-hydrogen) atoms. The zero-order valence-corrected chi connectivity index (χ0v) is 21.8. The topological polar surface area (TPSA) is 240 Å². The van der Waals surface area contributed by atoms with Gasteiger partial charge in [-0.1, -0.05) is 18.2 Å². The van der Waals surface area contributed by atoms with Gasteiger partial charge in [0.05, 0.1) is 31.1 Å². The molecule has 0 radical (unpaired) electrons. The van der Waals surface area contributed by atoms with E-state index >= 15 is 0 Å². The van der Waals surface area contributed by atoms with Gasteiger partial charge in [-0.25, -0.2) is 14.9 Å². The second-order valence-electron chi connectivity index (χ2n) is 8.89. The molecule has 17 heteroatoms. The lowest BCUT2D eigenvalue weighted by Gasteiger charge is -2.41. The molecular formula is C22H29N6O10P. The first kappa shape index (κ1) is 28.8. The Morgan fingerprint density at radius 2 is 2.05 bits per heavy atom. The van der Waals surface area contributed by atoms with E-state index < -0.39 is 62.6 Å². The van der Waals surface area contributed by atoms with Crippen molar-refractivity contribution in [3.63, 3.8) is 0 Å². The fourth-order valence-corrected chi connectivity index (χ4v) is 6.06. The third-order valence-corrected chi connectivity index (χ3v) is 8.03. The van der Waals surface area contributed by atoms with E-state index in [1.807, 2.05) is 0 Å². The molecule has 1 amide bonds. The van der Waals surface area contributed by atoms with Gasteiger partial charge in [-0.2, -0.15) is 4.98 Å². The number of aliphatic hydroxyl groups is 4. The average Bonchev–Trinajstić information content (AvgIpc) is 3.43. The number of carbonyl (C=O) groups is 1. The summed E-state index contributed by atoms with van der Waals surface area (Å²) < 4.78 is 26.2. The third-order valence-electron chi connectivity index (χ3n) is 6.06. The summed E-state index contributed by atoms with van der Waals surface area (Å²) in [6.07, 6.45) is -4.91. The van der Waals surface area contributed by atoms with E-state index in [-0.39, 0.29) is 22.5 Å². The number of para-hydroxylation sites is 1. The van der Waals surface area contributed by atoms with Crippen molar-refractivity contribution in [1.82, 2.24) is 14.4 Å². The van der Waals surface area contributed by atoms with E-state index in [9.17, 15) is 34.6 Å². The highest BCUT2D eigenvalue weighted by Gasteiger charge is 2.54. The first-order valence-electron chi connectivity index (χ1n) is 11.6. The number of ether oxygens (including phenoxy) is 1. The smallest absolute Gasteiger partial charge is 0.358 e. The number of nitrogens with zero attached hydrogens (tertiary/aromatic N) is 4. The Hall–Kier alpha value is -3.18. The van der Waals surface area contributed by atoms with Crippen LogP contribution in [0.15, 0.2) is 51.8 Å². The molecule has 0 bridgehead atoms. The number of hydrogen-bond acceptors (Lipinski definition) is 12. The molecule has 212 valence electrons. The number of hydrogen-bond donors (Lipinski definition) is 6. The molecule has 2 unspecified atom stereocenters. The molecule has 8 N–H and O–H groups in total. The molecular weight excluding hydrogens is 539 g/mol. The summed E-state index contributed by atoms with van der Waals surface area (Å²) in [6, 6.07) is 7.74. The summed E-state index contributed by atoms with van der Waals surface area (Å²) in [5.41, 5.74) is 10.7. The summed E-state index contributed by atoms with van der Waals surface area (Å²) in [5, 5.41) is 43.0. The van der Waals surface area contributed by atoms with Crippen LogP contribution in [-0.2, 0) is 31.5 Å². The number of aliphatic hydroxyl groups excluding tert-OH is 3. The van der Waals surface area contributed by atoms with Crippen LogP contribution in [0.2, 0.25) is 0 Å². The molecule has 6 atom stereocenters. The van der Waals surface area contributed by atoms with Crippen molar-refractivity contribution in [1.29, 1.82) is 0 Å². The van der Waals surface area contributed by atoms with Crippen molar-refractivity contribution < 1.29 is 43.8 Å². The molecule has 0 saturated carbocycles. The molecule has 3 aromatic rings. The standard InChI is InChI=1S/C22H29N6O10P/c1-12(23)19(31)28(36-2)39(24,35)27(14-6-4-3-5-7-14)20(32)17-16(30)9-22(34,38-17)26-10-13-8-15(11-29)37-18(13)25-21(26)33/h3-8,10,12,16-17,20,29-30,32,34H,9,11,23H2,1-2H3,(H2,24,35)/t12-,16-,17-,20?,22-,39?/m0/s1. The molecule has 1 aliphatic rings. The predicted molar refractivity (Wildman–Crippen MR) is 134 cm³/mol. The maximum absolute atomic E-state index is 13.9. The second-order valence-corrected chi connectivity index (χ2v) is 10.9. The van der Waals surface area contributed by atoms with Crippen molar-refractivity contribution in [3.8, 4) is 0 Å². The van der Waals surface area contributed by atoms with Crippen LogP contribution in [0.25, 0.3) is 11.1 Å². The fourth-order valence-electron chi connectivity index (χ4n) is 4.26. The van der Waals surface area contributed by atoms with Crippen molar-refractivity contribution in [3.05, 3.63) is 58.8 Å². The van der Waals surface area contributed by atoms with Crippen molar-refractivity contribution in [2.24, 2.45) is 11.2 Å². The summed E-state index contributed by atoms with van der Waals surface area (Å²) >= 11 is 0. The van der Waals surface area contributed by atoms with E-state index in [0.717, 1.165) is 13.3 Å². The quantitative estimate of drug-likeness (QED) is 0.102. The number of furan rings is 1. The Kier molecular flexibility index (Phi) is 7.96. The normalized spacial score (nSPS) is 24.3. The van der Waals surface area contributed by atoms with Gasteiger partial charge in [-0.15, -0.1) is 4.83 Å². The van der Waals surface area contributed by atoms with Crippen LogP contribution in [-0.4, -0.2) is 72.3 Å². The second kappa shape index (κ2) is 10.8. The van der Waals surface area contributed by atoms with Gasteiger partial charge in [0.2, 0.25) is 5.71 Å². The van der Waals surface area contributed by atoms with Crippen molar-refractivity contribution >= 4 is 30.3 Å². The highest BCUT2D eigenvalue weighted by Crippen LogP contribution is 2.51. The number of benzene rings is 1. The Labute approximate surface area is 221 Å². The third kappa shape index (κ3) is 5.21. The molecule has 1 saturated heterocycles. The van der Waals surface area contributed by atoms with Crippen LogP contribution in [0.3, 0.4) is 0 Å². The molecule has 16 nitrogen and oxygen atoms in total. The number of rotatable bonds is 9. The first-order valence-corrected chi connectivity index (χ1v) is 13.3. The minimum absolute atomic E-state index is 0.0387. The number of aromatic nitrogens is 2. The van der Waals surface area contributed by atoms with E-state index in [2.05, 4.69) is 4.98 Å². The van der Waals surface area contributed by atoms with Gasteiger partial charge < -0.3 is 35.3 Å². The van der Waals surface area contributed by atoms with Crippen LogP contribution >= 0.6 is 7.59 Å². The highest BCUT2D eigenvalue weighted by atomic mass is 31.2. The Morgan fingerprint density at radius 1 is 1.38 bits per heavy atom. The van der Waals surface area contributed by atoms with Crippen molar-refractivity contribution in [2.75, 3.05) is 11.8 Å². The number of carbonyl (C=O) groups excluding carboxylic acids is 1. The van der Waals surface area contributed by atoms with E-state index in [4.69, 9.17) is 25.2 Å². The van der Waals surface area contributed by atoms with Crippen LogP contribution in [0.4, 0.5) is 5.69 Å². The summed E-state index contributed by atoms with van der Waals surface area (Å²) in [5.74, 6) is -3.37. The van der Waals surface area contributed by atoms with Crippen LogP contribution in [0.5, 0.6) is 0 Å². The molecule has 3 heterocycles. The van der Waals surface area contributed by atoms with Gasteiger partial charge in [0, 0.05) is 11.9 Å². The fraction of sp³-hybridized carbons (Fsp3) is 0.409. The van der Waals surface area contributed by atoms with E-state index in [1.165, 1.54) is 37.3 Å². The summed E-state index contributed by atoms with van der Waals surface area (Å²) in [4.78, 5) is 34.4. The van der Waals surface area contributed by atoms with Crippen LogP contribution in [0.1, 0.15) is 19.1 Å². The van der Waals surface area contributed by atoms with Gasteiger partial charge >= 0.3 is 13.3 Å². The lowest BCUT2D eigenvalue weighted by molar-refractivity contribution is -0.265. The molecule has 4 rings (SSSR count). The molecule has 2 aromatic heterocycles. The lowest BCUT2D eigenvalue weighted by Crippen LogP contribution is -2.53. The molecule has 1 fully saturated rings. The molecule has 0 aliphatic carbocycles. The minimum Gasteiger partial charge on any atom is -0.440 e. The van der Waals surface area contributed by atoms with Gasteiger partial charge in [-0.3, -0.25) is 18.9 Å². The van der Waals surface area contributed by atoms with Gasteiger partial charge in [0.1, 0.15) is 18.5 Å².